The summed E-state index contributed by atoms with van der Waals surface area (Å²) in [6.45, 7) is 1.98. The number of nitrogens with zero attached hydrogens (tertiary/aromatic N) is 5. The van der Waals surface area contributed by atoms with Gasteiger partial charge in [-0.15, -0.1) is 0 Å². The van der Waals surface area contributed by atoms with Gasteiger partial charge in [0.15, 0.2) is 5.82 Å². The van der Waals surface area contributed by atoms with E-state index in [1.54, 1.807) is 23.1 Å². The lowest BCUT2D eigenvalue weighted by molar-refractivity contribution is 0.276. The molecule has 0 radical (unpaired) electrons. The summed E-state index contributed by atoms with van der Waals surface area (Å²) in [5, 5.41) is 14.8. The number of nitrogens with two attached hydrogens (primary N) is 1. The first-order valence-corrected chi connectivity index (χ1v) is 9.33. The SMILES string of the molecule is CCC[C@@H](N)c1nccc(-c2ccc3cnn(-c4cccc(CO)n4)c3c2)n1. The minimum absolute atomic E-state index is 0.111. The van der Waals surface area contributed by atoms with E-state index in [4.69, 9.17) is 5.73 Å². The summed E-state index contributed by atoms with van der Waals surface area (Å²) in [4.78, 5) is 13.5. The highest BCUT2D eigenvalue weighted by molar-refractivity contribution is 5.84. The van der Waals surface area contributed by atoms with Crippen LogP contribution in [0.4, 0.5) is 0 Å². The van der Waals surface area contributed by atoms with Crippen molar-refractivity contribution in [3.63, 3.8) is 0 Å². The maximum Gasteiger partial charge on any atom is 0.154 e. The third kappa shape index (κ3) is 3.49. The fourth-order valence-corrected chi connectivity index (χ4v) is 3.19. The van der Waals surface area contributed by atoms with Crippen LogP contribution in [0.2, 0.25) is 0 Å². The van der Waals surface area contributed by atoms with Crippen LogP contribution in [-0.4, -0.2) is 29.8 Å². The van der Waals surface area contributed by atoms with Crippen LogP contribution in [0.3, 0.4) is 0 Å². The molecule has 0 aliphatic heterocycles. The van der Waals surface area contributed by atoms with E-state index in [0.717, 1.165) is 35.0 Å². The highest BCUT2D eigenvalue weighted by Gasteiger charge is 2.12. The Morgan fingerprint density at radius 3 is 2.86 bits per heavy atom. The highest BCUT2D eigenvalue weighted by atomic mass is 16.3. The average molecular weight is 374 g/mol. The quantitative estimate of drug-likeness (QED) is 0.537. The summed E-state index contributed by atoms with van der Waals surface area (Å²) < 4.78 is 1.77. The van der Waals surface area contributed by atoms with E-state index in [0.29, 0.717) is 17.3 Å². The molecule has 0 aliphatic carbocycles. The zero-order chi connectivity index (χ0) is 19.5. The summed E-state index contributed by atoms with van der Waals surface area (Å²) in [6.07, 6.45) is 5.39. The molecule has 0 amide bonds. The number of rotatable bonds is 6. The molecule has 0 spiro atoms. The molecule has 1 aromatic carbocycles. The van der Waals surface area contributed by atoms with Crippen molar-refractivity contribution in [2.75, 3.05) is 0 Å². The molecule has 0 unspecified atom stereocenters. The third-order valence-electron chi connectivity index (χ3n) is 4.64. The van der Waals surface area contributed by atoms with Gasteiger partial charge in [-0.05, 0) is 30.7 Å². The predicted octanol–water partition coefficient (Wildman–Crippen LogP) is 3.17. The van der Waals surface area contributed by atoms with Gasteiger partial charge >= 0.3 is 0 Å². The first-order chi connectivity index (χ1) is 13.7. The molecule has 3 N–H and O–H groups in total. The second-order valence-electron chi connectivity index (χ2n) is 6.67. The van der Waals surface area contributed by atoms with Crippen molar-refractivity contribution in [1.29, 1.82) is 0 Å². The van der Waals surface area contributed by atoms with Crippen LogP contribution < -0.4 is 5.73 Å². The third-order valence-corrected chi connectivity index (χ3v) is 4.64. The number of hydrogen-bond acceptors (Lipinski definition) is 6. The smallest absolute Gasteiger partial charge is 0.154 e. The van der Waals surface area contributed by atoms with Crippen molar-refractivity contribution >= 4 is 10.9 Å². The van der Waals surface area contributed by atoms with Gasteiger partial charge in [-0.25, -0.2) is 19.6 Å². The lowest BCUT2D eigenvalue weighted by atomic mass is 10.1. The molecular formula is C21H22N6O. The fourth-order valence-electron chi connectivity index (χ4n) is 3.19. The van der Waals surface area contributed by atoms with E-state index in [9.17, 15) is 5.11 Å². The van der Waals surface area contributed by atoms with Crippen molar-refractivity contribution in [3.05, 3.63) is 66.4 Å². The molecule has 7 heteroatoms. The molecular weight excluding hydrogens is 352 g/mol. The van der Waals surface area contributed by atoms with Crippen LogP contribution in [0.25, 0.3) is 28.0 Å². The number of aromatic nitrogens is 5. The van der Waals surface area contributed by atoms with Crippen molar-refractivity contribution < 1.29 is 5.11 Å². The Bertz CT molecular complexity index is 1110. The monoisotopic (exact) mass is 374 g/mol. The average Bonchev–Trinajstić information content (AvgIpc) is 3.17. The largest absolute Gasteiger partial charge is 0.390 e. The van der Waals surface area contributed by atoms with E-state index >= 15 is 0 Å². The van der Waals surface area contributed by atoms with E-state index < -0.39 is 0 Å². The standard InChI is InChI=1S/C21H22N6O/c1-2-4-17(22)21-23-10-9-18(26-21)14-7-8-15-12-24-27(19(15)11-14)20-6-3-5-16(13-28)25-20/h3,5-12,17,28H,2,4,13,22H2,1H3/t17-/m1/s1. The molecule has 0 saturated heterocycles. The van der Waals surface area contributed by atoms with Crippen molar-refractivity contribution in [1.82, 2.24) is 24.7 Å². The van der Waals surface area contributed by atoms with Gasteiger partial charge in [0.05, 0.1) is 35.8 Å². The van der Waals surface area contributed by atoms with E-state index in [-0.39, 0.29) is 12.6 Å². The molecule has 7 nitrogen and oxygen atoms in total. The van der Waals surface area contributed by atoms with Crippen LogP contribution in [-0.2, 0) is 6.61 Å². The zero-order valence-corrected chi connectivity index (χ0v) is 15.7. The first-order valence-electron chi connectivity index (χ1n) is 9.33. The Labute approximate surface area is 162 Å². The Balaban J connectivity index is 1.77. The van der Waals surface area contributed by atoms with Crippen LogP contribution in [0.5, 0.6) is 0 Å². The molecule has 4 rings (SSSR count). The number of aliphatic hydroxyl groups excluding tert-OH is 1. The number of hydrogen-bond donors (Lipinski definition) is 2. The topological polar surface area (TPSA) is 103 Å². The van der Waals surface area contributed by atoms with E-state index in [1.807, 2.05) is 36.4 Å². The summed E-state index contributed by atoms with van der Waals surface area (Å²) in [6, 6.07) is 13.3. The molecule has 4 aromatic rings. The lowest BCUT2D eigenvalue weighted by Gasteiger charge is -2.10. The molecule has 1 atom stereocenters. The number of aliphatic hydroxyl groups is 1. The zero-order valence-electron chi connectivity index (χ0n) is 15.7. The van der Waals surface area contributed by atoms with Crippen LogP contribution in [0.15, 0.2) is 54.9 Å². The number of fused-ring (bicyclic) bond motifs is 1. The van der Waals surface area contributed by atoms with Gasteiger partial charge in [-0.3, -0.25) is 0 Å². The minimum atomic E-state index is -0.162. The van der Waals surface area contributed by atoms with Crippen molar-refractivity contribution in [2.24, 2.45) is 5.73 Å². The normalized spacial score (nSPS) is 12.4. The van der Waals surface area contributed by atoms with Crippen LogP contribution in [0, 0.1) is 0 Å². The van der Waals surface area contributed by atoms with E-state index in [2.05, 4.69) is 27.0 Å². The Morgan fingerprint density at radius 2 is 2.04 bits per heavy atom. The molecule has 0 fully saturated rings. The van der Waals surface area contributed by atoms with Crippen LogP contribution >= 0.6 is 0 Å². The lowest BCUT2D eigenvalue weighted by Crippen LogP contribution is -2.13. The van der Waals surface area contributed by atoms with Gasteiger partial charge in [0.1, 0.15) is 5.82 Å². The van der Waals surface area contributed by atoms with E-state index in [1.165, 1.54) is 0 Å². The second-order valence-corrected chi connectivity index (χ2v) is 6.67. The Morgan fingerprint density at radius 1 is 1.14 bits per heavy atom. The maximum atomic E-state index is 9.36. The Kier molecular flexibility index (Phi) is 5.10. The summed E-state index contributed by atoms with van der Waals surface area (Å²) >= 11 is 0. The highest BCUT2D eigenvalue weighted by Crippen LogP contribution is 2.25. The van der Waals surface area contributed by atoms with Gasteiger partial charge in [0, 0.05) is 17.1 Å². The number of pyridine rings is 1. The summed E-state index contributed by atoms with van der Waals surface area (Å²) in [5.74, 6) is 1.32. The second kappa shape index (κ2) is 7.84. The predicted molar refractivity (Wildman–Crippen MR) is 108 cm³/mol. The van der Waals surface area contributed by atoms with Crippen molar-refractivity contribution in [3.8, 4) is 17.1 Å². The summed E-state index contributed by atoms with van der Waals surface area (Å²) in [7, 11) is 0. The molecule has 0 aliphatic rings. The van der Waals surface area contributed by atoms with Gasteiger partial charge in [0.2, 0.25) is 0 Å². The van der Waals surface area contributed by atoms with Crippen LogP contribution in [0.1, 0.15) is 37.3 Å². The molecule has 3 aromatic heterocycles. The molecule has 142 valence electrons. The van der Waals surface area contributed by atoms with Gasteiger partial charge in [0.25, 0.3) is 0 Å². The molecule has 0 saturated carbocycles. The molecule has 28 heavy (non-hydrogen) atoms. The summed E-state index contributed by atoms with van der Waals surface area (Å²) in [5.41, 5.74) is 9.48. The van der Waals surface area contributed by atoms with Crippen molar-refractivity contribution in [2.45, 2.75) is 32.4 Å². The van der Waals surface area contributed by atoms with Gasteiger partial charge in [-0.1, -0.05) is 31.5 Å². The first kappa shape index (κ1) is 18.2. The maximum absolute atomic E-state index is 9.36. The van der Waals surface area contributed by atoms with Gasteiger partial charge in [-0.2, -0.15) is 5.10 Å². The molecule has 0 bridgehead atoms. The van der Waals surface area contributed by atoms with Gasteiger partial charge < -0.3 is 10.8 Å². The molecule has 3 heterocycles. The fraction of sp³-hybridized carbons (Fsp3) is 0.238. The Hall–Kier alpha value is -3.16. The number of benzene rings is 1. The minimum Gasteiger partial charge on any atom is -0.390 e.